The molecule has 0 aliphatic rings. The van der Waals surface area contributed by atoms with E-state index in [1.54, 1.807) is 0 Å². The third-order valence-electron chi connectivity index (χ3n) is 8.40. The molecule has 0 bridgehead atoms. The van der Waals surface area contributed by atoms with Crippen LogP contribution in [0, 0.1) is 13.8 Å². The van der Waals surface area contributed by atoms with Gasteiger partial charge < -0.3 is 9.13 Å². The zero-order valence-electron chi connectivity index (χ0n) is 22.6. The molecule has 0 fully saturated rings. The van der Waals surface area contributed by atoms with Crippen molar-refractivity contribution in [2.45, 2.75) is 13.8 Å². The standard InChI is InChI=1S/C38H28N2/c1-25-9-7-15-35-37(25)31-11-3-5-13-33(31)39(35)29-21-17-27(18-22-29)28-19-23-30(24-20-28)40-34-14-6-4-12-32(34)38-26(2)10-8-16-36(38)40/h3-24H,1-2H3. The summed E-state index contributed by atoms with van der Waals surface area (Å²) in [6.07, 6.45) is 0. The van der Waals surface area contributed by atoms with Gasteiger partial charge in [-0.25, -0.2) is 0 Å². The van der Waals surface area contributed by atoms with Crippen LogP contribution in [0.5, 0.6) is 0 Å². The fraction of sp³-hybridized carbons (Fsp3) is 0.0526. The summed E-state index contributed by atoms with van der Waals surface area (Å²) in [6, 6.07) is 48.5. The number of fused-ring (bicyclic) bond motifs is 6. The summed E-state index contributed by atoms with van der Waals surface area (Å²) in [4.78, 5) is 0. The molecule has 0 N–H and O–H groups in total. The molecule has 0 amide bonds. The third-order valence-corrected chi connectivity index (χ3v) is 8.40. The van der Waals surface area contributed by atoms with Crippen LogP contribution in [0.25, 0.3) is 66.1 Å². The molecule has 2 nitrogen and oxygen atoms in total. The Labute approximate surface area is 233 Å². The molecule has 0 saturated heterocycles. The molecule has 0 unspecified atom stereocenters. The fourth-order valence-corrected chi connectivity index (χ4v) is 6.56. The van der Waals surface area contributed by atoms with E-state index in [9.17, 15) is 0 Å². The highest BCUT2D eigenvalue weighted by Crippen LogP contribution is 2.36. The molecule has 0 aliphatic carbocycles. The summed E-state index contributed by atoms with van der Waals surface area (Å²) in [5.41, 5.74) is 12.4. The highest BCUT2D eigenvalue weighted by Gasteiger charge is 2.15. The van der Waals surface area contributed by atoms with Crippen molar-refractivity contribution >= 4 is 43.6 Å². The first-order valence-electron chi connectivity index (χ1n) is 13.9. The molecule has 190 valence electrons. The Kier molecular flexibility index (Phi) is 4.99. The summed E-state index contributed by atoms with van der Waals surface area (Å²) in [5.74, 6) is 0. The third kappa shape index (κ3) is 3.29. The monoisotopic (exact) mass is 512 g/mol. The van der Waals surface area contributed by atoms with E-state index in [1.807, 2.05) is 0 Å². The van der Waals surface area contributed by atoms with Crippen molar-refractivity contribution in [2.24, 2.45) is 0 Å². The molecule has 2 aromatic heterocycles. The van der Waals surface area contributed by atoms with Crippen molar-refractivity contribution in [1.29, 1.82) is 0 Å². The van der Waals surface area contributed by atoms with Gasteiger partial charge in [0, 0.05) is 32.9 Å². The minimum absolute atomic E-state index is 1.18. The summed E-state index contributed by atoms with van der Waals surface area (Å²) >= 11 is 0. The number of para-hydroxylation sites is 2. The molecule has 40 heavy (non-hydrogen) atoms. The van der Waals surface area contributed by atoms with E-state index in [-0.39, 0.29) is 0 Å². The Bertz CT molecular complexity index is 2050. The number of aromatic nitrogens is 2. The molecule has 0 radical (unpaired) electrons. The average Bonchev–Trinajstić information content (AvgIpc) is 3.52. The number of benzene rings is 6. The Balaban J connectivity index is 1.20. The van der Waals surface area contributed by atoms with Crippen LogP contribution in [0.2, 0.25) is 0 Å². The van der Waals surface area contributed by atoms with Crippen molar-refractivity contribution in [1.82, 2.24) is 9.13 Å². The van der Waals surface area contributed by atoms with Crippen LogP contribution in [0.15, 0.2) is 133 Å². The van der Waals surface area contributed by atoms with Crippen molar-refractivity contribution in [3.05, 3.63) is 145 Å². The second-order valence-corrected chi connectivity index (χ2v) is 10.7. The van der Waals surface area contributed by atoms with Crippen molar-refractivity contribution in [2.75, 3.05) is 0 Å². The number of nitrogens with zero attached hydrogens (tertiary/aromatic N) is 2. The first-order valence-corrected chi connectivity index (χ1v) is 13.9. The summed E-state index contributed by atoms with van der Waals surface area (Å²) in [5, 5.41) is 5.27. The summed E-state index contributed by atoms with van der Waals surface area (Å²) < 4.78 is 4.77. The molecule has 2 heteroatoms. The van der Waals surface area contributed by atoms with Crippen LogP contribution >= 0.6 is 0 Å². The lowest BCUT2D eigenvalue weighted by Gasteiger charge is -2.11. The molecule has 8 rings (SSSR count). The molecule has 8 aromatic rings. The molecular formula is C38H28N2. The van der Waals surface area contributed by atoms with Gasteiger partial charge in [0.1, 0.15) is 0 Å². The molecule has 0 spiro atoms. The van der Waals surface area contributed by atoms with Gasteiger partial charge in [-0.2, -0.15) is 0 Å². The van der Waals surface area contributed by atoms with Crippen LogP contribution < -0.4 is 0 Å². The first-order chi connectivity index (χ1) is 19.7. The second kappa shape index (κ2) is 8.72. The van der Waals surface area contributed by atoms with E-state index < -0.39 is 0 Å². The van der Waals surface area contributed by atoms with Gasteiger partial charge in [-0.1, -0.05) is 84.9 Å². The van der Waals surface area contributed by atoms with E-state index >= 15 is 0 Å². The normalized spacial score (nSPS) is 11.8. The van der Waals surface area contributed by atoms with E-state index in [0.29, 0.717) is 0 Å². The van der Waals surface area contributed by atoms with Crippen LogP contribution in [0.3, 0.4) is 0 Å². The summed E-state index contributed by atoms with van der Waals surface area (Å²) in [7, 11) is 0. The van der Waals surface area contributed by atoms with E-state index in [4.69, 9.17) is 0 Å². The van der Waals surface area contributed by atoms with E-state index in [1.165, 1.54) is 77.2 Å². The van der Waals surface area contributed by atoms with E-state index in [2.05, 4.69) is 156 Å². The topological polar surface area (TPSA) is 9.86 Å². The first kappa shape index (κ1) is 22.9. The predicted octanol–water partition coefficient (Wildman–Crippen LogP) is 10.2. The fourth-order valence-electron chi connectivity index (χ4n) is 6.56. The lowest BCUT2D eigenvalue weighted by atomic mass is 10.0. The number of rotatable bonds is 3. The van der Waals surface area contributed by atoms with Gasteiger partial charge in [0.2, 0.25) is 0 Å². The molecule has 0 saturated carbocycles. The smallest absolute Gasteiger partial charge is 0.0543 e. The Morgan fingerprint density at radius 2 is 0.725 bits per heavy atom. The highest BCUT2D eigenvalue weighted by atomic mass is 15.0. The van der Waals surface area contributed by atoms with Crippen LogP contribution in [0.4, 0.5) is 0 Å². The molecule has 0 aliphatic heterocycles. The van der Waals surface area contributed by atoms with Crippen molar-refractivity contribution in [3.63, 3.8) is 0 Å². The van der Waals surface area contributed by atoms with Gasteiger partial charge in [-0.3, -0.25) is 0 Å². The Morgan fingerprint density at radius 3 is 1.15 bits per heavy atom. The van der Waals surface area contributed by atoms with Crippen LogP contribution in [0.1, 0.15) is 11.1 Å². The average molecular weight is 513 g/mol. The minimum atomic E-state index is 1.18. The van der Waals surface area contributed by atoms with Crippen molar-refractivity contribution < 1.29 is 0 Å². The lowest BCUT2D eigenvalue weighted by Crippen LogP contribution is -1.95. The minimum Gasteiger partial charge on any atom is -0.309 e. The predicted molar refractivity (Wildman–Crippen MR) is 170 cm³/mol. The Morgan fingerprint density at radius 1 is 0.350 bits per heavy atom. The highest BCUT2D eigenvalue weighted by molar-refractivity contribution is 6.11. The SMILES string of the molecule is Cc1cccc2c1c1ccccc1n2-c1ccc(-c2ccc(-n3c4ccccc4c4c(C)cccc43)cc2)cc1. The van der Waals surface area contributed by atoms with Gasteiger partial charge in [0.15, 0.2) is 0 Å². The number of aryl methyl sites for hydroxylation is 2. The van der Waals surface area contributed by atoms with Gasteiger partial charge in [-0.15, -0.1) is 0 Å². The lowest BCUT2D eigenvalue weighted by molar-refractivity contribution is 1.18. The van der Waals surface area contributed by atoms with E-state index in [0.717, 1.165) is 0 Å². The van der Waals surface area contributed by atoms with Crippen LogP contribution in [-0.2, 0) is 0 Å². The quantitative estimate of drug-likeness (QED) is 0.223. The second-order valence-electron chi connectivity index (χ2n) is 10.7. The van der Waals surface area contributed by atoms with Gasteiger partial charge >= 0.3 is 0 Å². The Hall–Kier alpha value is -5.08. The maximum atomic E-state index is 2.38. The summed E-state index contributed by atoms with van der Waals surface area (Å²) in [6.45, 7) is 4.40. The van der Waals surface area contributed by atoms with Crippen molar-refractivity contribution in [3.8, 4) is 22.5 Å². The molecule has 0 atom stereocenters. The van der Waals surface area contributed by atoms with Gasteiger partial charge in [-0.05, 0) is 84.6 Å². The maximum absolute atomic E-state index is 2.38. The molecule has 6 aromatic carbocycles. The molecular weight excluding hydrogens is 484 g/mol. The van der Waals surface area contributed by atoms with Gasteiger partial charge in [0.25, 0.3) is 0 Å². The van der Waals surface area contributed by atoms with Crippen LogP contribution in [-0.4, -0.2) is 9.13 Å². The zero-order chi connectivity index (χ0) is 26.8. The number of hydrogen-bond donors (Lipinski definition) is 0. The zero-order valence-corrected chi connectivity index (χ0v) is 22.6. The largest absolute Gasteiger partial charge is 0.309 e. The van der Waals surface area contributed by atoms with Gasteiger partial charge in [0.05, 0.1) is 22.1 Å². The maximum Gasteiger partial charge on any atom is 0.0543 e. The number of hydrogen-bond acceptors (Lipinski definition) is 0. The molecule has 2 heterocycles.